The van der Waals surface area contributed by atoms with Gasteiger partial charge in [0.1, 0.15) is 0 Å². The Balaban J connectivity index is 1.91. The molecule has 0 spiro atoms. The van der Waals surface area contributed by atoms with E-state index in [0.29, 0.717) is 17.3 Å². The summed E-state index contributed by atoms with van der Waals surface area (Å²) in [6.07, 6.45) is 2.12. The highest BCUT2D eigenvalue weighted by Crippen LogP contribution is 2.20. The Kier molecular flexibility index (Phi) is 4.74. The molecule has 20 heavy (non-hydrogen) atoms. The van der Waals surface area contributed by atoms with Crippen LogP contribution < -0.4 is 16.0 Å². The fourth-order valence-corrected chi connectivity index (χ4v) is 1.74. The number of hydrogen-bond donors (Lipinski definition) is 3. The van der Waals surface area contributed by atoms with Crippen molar-refractivity contribution in [3.05, 3.63) is 29.8 Å². The smallest absolute Gasteiger partial charge is 0.251 e. The molecule has 1 aromatic carbocycles. The van der Waals surface area contributed by atoms with Crippen molar-refractivity contribution in [3.63, 3.8) is 0 Å². The molecule has 0 unspecified atom stereocenters. The third-order valence-corrected chi connectivity index (χ3v) is 2.99. The van der Waals surface area contributed by atoms with Gasteiger partial charge < -0.3 is 16.0 Å². The molecule has 0 atom stereocenters. The number of rotatable bonds is 6. The lowest BCUT2D eigenvalue weighted by atomic mass is 10.2. The minimum Gasteiger partial charge on any atom is -0.349 e. The van der Waals surface area contributed by atoms with Crippen molar-refractivity contribution in [1.82, 2.24) is 10.6 Å². The molecule has 2 rings (SSSR count). The first kappa shape index (κ1) is 14.5. The first-order chi connectivity index (χ1) is 9.54. The van der Waals surface area contributed by atoms with Gasteiger partial charge in [-0.2, -0.15) is 0 Å². The van der Waals surface area contributed by atoms with Crippen molar-refractivity contribution in [2.75, 3.05) is 11.9 Å². The summed E-state index contributed by atoms with van der Waals surface area (Å²) in [5, 5.41) is 8.75. The fraction of sp³-hybridized carbons (Fsp3) is 0.467. The monoisotopic (exact) mass is 275 g/mol. The second-order valence-corrected chi connectivity index (χ2v) is 5.41. The van der Waals surface area contributed by atoms with Gasteiger partial charge in [-0.15, -0.1) is 0 Å². The third-order valence-electron chi connectivity index (χ3n) is 2.99. The van der Waals surface area contributed by atoms with Crippen molar-refractivity contribution in [2.45, 2.75) is 38.8 Å². The zero-order valence-corrected chi connectivity index (χ0v) is 11.9. The van der Waals surface area contributed by atoms with Crippen LogP contribution in [0.5, 0.6) is 0 Å². The Morgan fingerprint density at radius 3 is 2.70 bits per heavy atom. The van der Waals surface area contributed by atoms with Crippen LogP contribution >= 0.6 is 0 Å². The van der Waals surface area contributed by atoms with E-state index in [-0.39, 0.29) is 24.4 Å². The molecule has 1 aromatic rings. The maximum atomic E-state index is 11.9. The molecule has 1 saturated carbocycles. The lowest BCUT2D eigenvalue weighted by molar-refractivity contribution is -0.115. The predicted octanol–water partition coefficient (Wildman–Crippen LogP) is 1.52. The van der Waals surface area contributed by atoms with Crippen LogP contribution in [0.4, 0.5) is 5.69 Å². The molecule has 0 bridgehead atoms. The Bertz CT molecular complexity index is 496. The summed E-state index contributed by atoms with van der Waals surface area (Å²) in [6, 6.07) is 7.59. The van der Waals surface area contributed by atoms with Gasteiger partial charge in [-0.25, -0.2) is 0 Å². The van der Waals surface area contributed by atoms with E-state index in [0.717, 1.165) is 12.8 Å². The van der Waals surface area contributed by atoms with Crippen LogP contribution in [-0.2, 0) is 4.79 Å². The summed E-state index contributed by atoms with van der Waals surface area (Å²) in [5.74, 6) is -0.192. The summed E-state index contributed by atoms with van der Waals surface area (Å²) < 4.78 is 0. The zero-order valence-electron chi connectivity index (χ0n) is 11.9. The van der Waals surface area contributed by atoms with Gasteiger partial charge in [-0.3, -0.25) is 9.59 Å². The van der Waals surface area contributed by atoms with Crippen molar-refractivity contribution < 1.29 is 9.59 Å². The highest BCUT2D eigenvalue weighted by molar-refractivity contribution is 5.97. The Hall–Kier alpha value is -1.88. The Morgan fingerprint density at radius 1 is 1.30 bits per heavy atom. The van der Waals surface area contributed by atoms with Crippen LogP contribution in [0, 0.1) is 0 Å². The van der Waals surface area contributed by atoms with Gasteiger partial charge in [0.15, 0.2) is 0 Å². The van der Waals surface area contributed by atoms with Crippen LogP contribution in [0.25, 0.3) is 0 Å². The second-order valence-electron chi connectivity index (χ2n) is 5.41. The van der Waals surface area contributed by atoms with Gasteiger partial charge in [0.2, 0.25) is 5.91 Å². The van der Waals surface area contributed by atoms with Crippen LogP contribution in [0.15, 0.2) is 24.3 Å². The predicted molar refractivity (Wildman–Crippen MR) is 78.7 cm³/mol. The maximum absolute atomic E-state index is 11.9. The molecule has 3 N–H and O–H groups in total. The molecule has 0 heterocycles. The van der Waals surface area contributed by atoms with E-state index in [4.69, 9.17) is 0 Å². The number of benzene rings is 1. The first-order valence-corrected chi connectivity index (χ1v) is 6.99. The number of carbonyl (C=O) groups excluding carboxylic acids is 2. The second kappa shape index (κ2) is 6.52. The van der Waals surface area contributed by atoms with E-state index in [1.165, 1.54) is 0 Å². The molecule has 0 aromatic heterocycles. The van der Waals surface area contributed by atoms with Gasteiger partial charge in [-0.1, -0.05) is 19.9 Å². The highest BCUT2D eigenvalue weighted by Gasteiger charge is 2.23. The molecule has 1 aliphatic rings. The third kappa shape index (κ3) is 4.66. The van der Waals surface area contributed by atoms with Crippen molar-refractivity contribution in [3.8, 4) is 0 Å². The van der Waals surface area contributed by atoms with Gasteiger partial charge in [0, 0.05) is 23.3 Å². The van der Waals surface area contributed by atoms with E-state index >= 15 is 0 Å². The number of carbonyl (C=O) groups is 2. The largest absolute Gasteiger partial charge is 0.349 e. The molecule has 0 aliphatic heterocycles. The summed E-state index contributed by atoms with van der Waals surface area (Å²) >= 11 is 0. The van der Waals surface area contributed by atoms with Crippen molar-refractivity contribution >= 4 is 17.5 Å². The van der Waals surface area contributed by atoms with E-state index in [1.54, 1.807) is 24.3 Å². The molecule has 0 saturated heterocycles. The molecule has 1 aliphatic carbocycles. The normalized spacial score (nSPS) is 14.2. The van der Waals surface area contributed by atoms with Gasteiger partial charge >= 0.3 is 0 Å². The molecule has 0 radical (unpaired) electrons. The fourth-order valence-electron chi connectivity index (χ4n) is 1.74. The standard InChI is InChI=1S/C15H21N3O2/c1-10(2)16-9-14(19)17-13-5-3-4-11(8-13)15(20)18-12-6-7-12/h3-5,8,10,12,16H,6-7,9H2,1-2H3,(H,17,19)(H,18,20). The van der Waals surface area contributed by atoms with Crippen molar-refractivity contribution in [2.24, 2.45) is 0 Å². The average Bonchev–Trinajstić information content (AvgIpc) is 3.20. The van der Waals surface area contributed by atoms with Crippen LogP contribution in [0.2, 0.25) is 0 Å². The van der Waals surface area contributed by atoms with Crippen LogP contribution in [0.3, 0.4) is 0 Å². The molecule has 2 amide bonds. The number of nitrogens with one attached hydrogen (secondary N) is 3. The summed E-state index contributed by atoms with van der Waals surface area (Å²) in [5.41, 5.74) is 1.22. The van der Waals surface area contributed by atoms with Gasteiger partial charge in [0.05, 0.1) is 6.54 Å². The molecule has 1 fully saturated rings. The quantitative estimate of drug-likeness (QED) is 0.737. The number of anilines is 1. The average molecular weight is 275 g/mol. The zero-order chi connectivity index (χ0) is 14.5. The minimum atomic E-state index is -0.113. The van der Waals surface area contributed by atoms with Crippen LogP contribution in [-0.4, -0.2) is 30.4 Å². The Labute approximate surface area is 119 Å². The SMILES string of the molecule is CC(C)NCC(=O)Nc1cccc(C(=O)NC2CC2)c1. The number of amides is 2. The maximum Gasteiger partial charge on any atom is 0.251 e. The van der Waals surface area contributed by atoms with E-state index < -0.39 is 0 Å². The lowest BCUT2D eigenvalue weighted by Crippen LogP contribution is -2.32. The van der Waals surface area contributed by atoms with E-state index in [1.807, 2.05) is 13.8 Å². The first-order valence-electron chi connectivity index (χ1n) is 6.99. The van der Waals surface area contributed by atoms with Crippen molar-refractivity contribution in [1.29, 1.82) is 0 Å². The van der Waals surface area contributed by atoms with Crippen LogP contribution in [0.1, 0.15) is 37.0 Å². The summed E-state index contributed by atoms with van der Waals surface area (Å²) in [7, 11) is 0. The minimum absolute atomic E-state index is 0.0797. The van der Waals surface area contributed by atoms with Gasteiger partial charge in [0.25, 0.3) is 5.91 Å². The highest BCUT2D eigenvalue weighted by atomic mass is 16.2. The van der Waals surface area contributed by atoms with Gasteiger partial charge in [-0.05, 0) is 31.0 Å². The summed E-state index contributed by atoms with van der Waals surface area (Å²) in [4.78, 5) is 23.6. The van der Waals surface area contributed by atoms with E-state index in [9.17, 15) is 9.59 Å². The Morgan fingerprint density at radius 2 is 2.05 bits per heavy atom. The molecular formula is C15H21N3O2. The molecule has 108 valence electrons. The topological polar surface area (TPSA) is 70.2 Å². The lowest BCUT2D eigenvalue weighted by Gasteiger charge is -2.10. The van der Waals surface area contributed by atoms with E-state index in [2.05, 4.69) is 16.0 Å². The summed E-state index contributed by atoms with van der Waals surface area (Å²) in [6.45, 7) is 4.22. The number of hydrogen-bond acceptors (Lipinski definition) is 3. The molecule has 5 nitrogen and oxygen atoms in total. The molecule has 5 heteroatoms. The molecular weight excluding hydrogens is 254 g/mol.